The average Bonchev–Trinajstić information content (AvgIpc) is 2.38. The van der Waals surface area contributed by atoms with Crippen molar-refractivity contribution in [1.82, 2.24) is 0 Å². The molecule has 0 saturated heterocycles. The number of Topliss-reactive ketones (excluding diaryl/α,β-unsaturated/α-hetero) is 1. The molecule has 4 nitrogen and oxygen atoms in total. The molecule has 1 aromatic carbocycles. The summed E-state index contributed by atoms with van der Waals surface area (Å²) in [7, 11) is 1.24. The second-order valence-corrected chi connectivity index (χ2v) is 3.85. The second kappa shape index (κ2) is 5.92. The minimum Gasteiger partial charge on any atom is -0.469 e. The predicted octanol–water partition coefficient (Wildman–Crippen LogP) is 2.08. The van der Waals surface area contributed by atoms with Gasteiger partial charge in [0.15, 0.2) is 5.78 Å². The molecule has 0 aliphatic rings. The summed E-state index contributed by atoms with van der Waals surface area (Å²) >= 11 is 0. The van der Waals surface area contributed by atoms with Crippen LogP contribution in [0.4, 0.5) is 4.39 Å². The minimum absolute atomic E-state index is 0.0470. The molecule has 0 N–H and O–H groups in total. The minimum atomic E-state index is -0.672. The maximum absolute atomic E-state index is 13.1. The Morgan fingerprint density at radius 3 is 2.72 bits per heavy atom. The third kappa shape index (κ3) is 3.14. The Labute approximate surface area is 104 Å². The molecule has 1 atom stereocenters. The average molecular weight is 249 g/mol. The van der Waals surface area contributed by atoms with E-state index in [4.69, 9.17) is 5.26 Å². The highest BCUT2D eigenvalue weighted by Gasteiger charge is 2.19. The fourth-order valence-electron chi connectivity index (χ4n) is 1.47. The highest BCUT2D eigenvalue weighted by atomic mass is 19.1. The number of hydrogen-bond donors (Lipinski definition) is 0. The van der Waals surface area contributed by atoms with E-state index in [0.29, 0.717) is 0 Å². The molecule has 0 radical (unpaired) electrons. The van der Waals surface area contributed by atoms with Crippen molar-refractivity contribution in [2.75, 3.05) is 7.11 Å². The first-order chi connectivity index (χ1) is 8.49. The van der Waals surface area contributed by atoms with Crippen molar-refractivity contribution in [2.24, 2.45) is 5.92 Å². The van der Waals surface area contributed by atoms with Gasteiger partial charge in [-0.25, -0.2) is 4.39 Å². The normalized spacial score (nSPS) is 11.4. The number of ketones is 1. The number of benzene rings is 1. The van der Waals surface area contributed by atoms with E-state index in [1.165, 1.54) is 19.2 Å². The van der Waals surface area contributed by atoms with E-state index in [2.05, 4.69) is 4.74 Å². The Bertz CT molecular complexity index is 519. The van der Waals surface area contributed by atoms with Crippen molar-refractivity contribution in [3.05, 3.63) is 35.1 Å². The van der Waals surface area contributed by atoms with E-state index >= 15 is 0 Å². The zero-order valence-corrected chi connectivity index (χ0v) is 10.1. The van der Waals surface area contributed by atoms with Gasteiger partial charge in [-0.1, -0.05) is 6.92 Å². The van der Waals surface area contributed by atoms with Crippen LogP contribution in [0.1, 0.15) is 29.3 Å². The molecule has 1 rings (SSSR count). The monoisotopic (exact) mass is 249 g/mol. The Morgan fingerprint density at radius 1 is 1.50 bits per heavy atom. The molecule has 0 saturated carbocycles. The van der Waals surface area contributed by atoms with E-state index in [9.17, 15) is 14.0 Å². The van der Waals surface area contributed by atoms with Crippen LogP contribution in [-0.4, -0.2) is 18.9 Å². The first-order valence-corrected chi connectivity index (χ1v) is 5.30. The van der Waals surface area contributed by atoms with Crippen LogP contribution in [0, 0.1) is 23.1 Å². The summed E-state index contributed by atoms with van der Waals surface area (Å²) in [6.45, 7) is 1.58. The molecule has 0 aliphatic carbocycles. The van der Waals surface area contributed by atoms with Gasteiger partial charge in [0.1, 0.15) is 11.9 Å². The van der Waals surface area contributed by atoms with Gasteiger partial charge >= 0.3 is 5.97 Å². The Balaban J connectivity index is 2.91. The predicted molar refractivity (Wildman–Crippen MR) is 61.2 cm³/mol. The maximum Gasteiger partial charge on any atom is 0.306 e. The first-order valence-electron chi connectivity index (χ1n) is 5.30. The lowest BCUT2D eigenvalue weighted by atomic mass is 9.95. The summed E-state index contributed by atoms with van der Waals surface area (Å²) in [5, 5.41) is 8.67. The Morgan fingerprint density at radius 2 is 2.17 bits per heavy atom. The largest absolute Gasteiger partial charge is 0.469 e. The molecular weight excluding hydrogens is 237 g/mol. The molecule has 0 amide bonds. The number of nitriles is 1. The van der Waals surface area contributed by atoms with Crippen LogP contribution in [0.3, 0.4) is 0 Å². The van der Waals surface area contributed by atoms with Crippen molar-refractivity contribution in [1.29, 1.82) is 5.26 Å². The van der Waals surface area contributed by atoms with Gasteiger partial charge in [-0.15, -0.1) is 0 Å². The molecular formula is C13H12FNO3. The van der Waals surface area contributed by atoms with Gasteiger partial charge in [0.2, 0.25) is 0 Å². The van der Waals surface area contributed by atoms with Gasteiger partial charge in [-0.05, 0) is 18.2 Å². The van der Waals surface area contributed by atoms with Crippen molar-refractivity contribution in [2.45, 2.75) is 13.3 Å². The number of rotatable bonds is 4. The van der Waals surface area contributed by atoms with Crippen LogP contribution in [-0.2, 0) is 9.53 Å². The number of esters is 1. The maximum atomic E-state index is 13.1. The highest BCUT2D eigenvalue weighted by Crippen LogP contribution is 2.16. The molecule has 0 heterocycles. The molecule has 0 aromatic heterocycles. The van der Waals surface area contributed by atoms with Crippen LogP contribution in [0.5, 0.6) is 0 Å². The van der Waals surface area contributed by atoms with Gasteiger partial charge in [-0.3, -0.25) is 9.59 Å². The lowest BCUT2D eigenvalue weighted by Gasteiger charge is -2.09. The summed E-state index contributed by atoms with van der Waals surface area (Å²) in [6, 6.07) is 5.21. The van der Waals surface area contributed by atoms with Gasteiger partial charge in [-0.2, -0.15) is 5.26 Å². The third-order valence-electron chi connectivity index (χ3n) is 2.52. The summed E-state index contributed by atoms with van der Waals surface area (Å²) in [5.74, 6) is -2.06. The van der Waals surface area contributed by atoms with Crippen LogP contribution in [0.2, 0.25) is 0 Å². The van der Waals surface area contributed by atoms with Crippen molar-refractivity contribution in [3.63, 3.8) is 0 Å². The van der Waals surface area contributed by atoms with Gasteiger partial charge in [0, 0.05) is 11.5 Å². The smallest absolute Gasteiger partial charge is 0.306 e. The number of nitrogens with zero attached hydrogens (tertiary/aromatic N) is 1. The summed E-state index contributed by atoms with van der Waals surface area (Å²) in [6.07, 6.45) is -0.0470. The summed E-state index contributed by atoms with van der Waals surface area (Å²) in [4.78, 5) is 23.0. The molecule has 0 spiro atoms. The first kappa shape index (κ1) is 13.8. The quantitative estimate of drug-likeness (QED) is 0.605. The van der Waals surface area contributed by atoms with E-state index in [0.717, 1.165) is 6.07 Å². The fraction of sp³-hybridized carbons (Fsp3) is 0.308. The second-order valence-electron chi connectivity index (χ2n) is 3.85. The Hall–Kier alpha value is -2.22. The molecule has 0 aliphatic heterocycles. The SMILES string of the molecule is COC(=O)CC(C)C(=O)c1ccc(F)c(C#N)c1. The van der Waals surface area contributed by atoms with Gasteiger partial charge < -0.3 is 4.74 Å². The van der Waals surface area contributed by atoms with Crippen molar-refractivity contribution >= 4 is 11.8 Å². The molecule has 0 bridgehead atoms. The number of hydrogen-bond acceptors (Lipinski definition) is 4. The lowest BCUT2D eigenvalue weighted by Crippen LogP contribution is -2.16. The molecule has 5 heteroatoms. The van der Waals surface area contributed by atoms with Gasteiger partial charge in [0.25, 0.3) is 0 Å². The zero-order valence-electron chi connectivity index (χ0n) is 10.1. The van der Waals surface area contributed by atoms with Crippen molar-refractivity contribution in [3.8, 4) is 6.07 Å². The Kier molecular flexibility index (Phi) is 4.55. The molecule has 1 aromatic rings. The number of ether oxygens (including phenoxy) is 1. The molecule has 1 unspecified atom stereocenters. The van der Waals surface area contributed by atoms with E-state index in [1.807, 2.05) is 0 Å². The number of carbonyl (C=O) groups excluding carboxylic acids is 2. The molecule has 18 heavy (non-hydrogen) atoms. The third-order valence-corrected chi connectivity index (χ3v) is 2.52. The van der Waals surface area contributed by atoms with Crippen LogP contribution in [0.15, 0.2) is 18.2 Å². The number of methoxy groups -OCH3 is 1. The molecule has 94 valence electrons. The number of halogens is 1. The molecule has 0 fully saturated rings. The van der Waals surface area contributed by atoms with Crippen LogP contribution < -0.4 is 0 Å². The number of carbonyl (C=O) groups is 2. The van der Waals surface area contributed by atoms with Crippen LogP contribution >= 0.6 is 0 Å². The summed E-state index contributed by atoms with van der Waals surface area (Å²) in [5.41, 5.74) is 0.0236. The van der Waals surface area contributed by atoms with Crippen molar-refractivity contribution < 1.29 is 18.7 Å². The zero-order chi connectivity index (χ0) is 13.7. The van der Waals surface area contributed by atoms with Crippen LogP contribution in [0.25, 0.3) is 0 Å². The van der Waals surface area contributed by atoms with E-state index in [-0.39, 0.29) is 23.3 Å². The topological polar surface area (TPSA) is 67.2 Å². The highest BCUT2D eigenvalue weighted by molar-refractivity contribution is 5.99. The fourth-order valence-corrected chi connectivity index (χ4v) is 1.47. The summed E-state index contributed by atoms with van der Waals surface area (Å²) < 4.78 is 17.6. The lowest BCUT2D eigenvalue weighted by molar-refractivity contribution is -0.141. The van der Waals surface area contributed by atoms with E-state index in [1.54, 1.807) is 13.0 Å². The standard InChI is InChI=1S/C13H12FNO3/c1-8(5-12(16)18-2)13(17)9-3-4-11(14)10(6-9)7-15/h3-4,6,8H,5H2,1-2H3. The van der Waals surface area contributed by atoms with E-state index < -0.39 is 17.7 Å². The van der Waals surface area contributed by atoms with Gasteiger partial charge in [0.05, 0.1) is 19.1 Å².